The minimum Gasteiger partial charge on any atom is -0.0761 e. The van der Waals surface area contributed by atoms with Crippen LogP contribution in [0.5, 0.6) is 0 Å². The van der Waals surface area contributed by atoms with E-state index in [4.69, 9.17) is 0 Å². The van der Waals surface area contributed by atoms with E-state index in [1.807, 2.05) is 18.2 Å². The topological polar surface area (TPSA) is 0 Å². The van der Waals surface area contributed by atoms with Gasteiger partial charge in [-0.05, 0) is 18.1 Å². The van der Waals surface area contributed by atoms with Crippen LogP contribution >= 0.6 is 15.9 Å². The van der Waals surface area contributed by atoms with E-state index in [2.05, 4.69) is 34.3 Å². The third kappa shape index (κ3) is 1.55. The number of rotatable bonds is 1. The van der Waals surface area contributed by atoms with E-state index in [1.54, 1.807) is 0 Å². The van der Waals surface area contributed by atoms with Crippen molar-refractivity contribution in [2.45, 2.75) is 6.92 Å². The zero-order valence-electron chi connectivity index (χ0n) is 5.19. The van der Waals surface area contributed by atoms with Gasteiger partial charge in [-0.25, -0.2) is 0 Å². The molecule has 0 saturated carbocycles. The summed E-state index contributed by atoms with van der Waals surface area (Å²) in [4.78, 5) is 0. The molecule has 0 aromatic heterocycles. The lowest BCUT2D eigenvalue weighted by atomic mass is 10.1. The predicted octanol–water partition coefficient (Wildman–Crippen LogP) is 2.78. The third-order valence-electron chi connectivity index (χ3n) is 1.25. The van der Waals surface area contributed by atoms with Crippen molar-refractivity contribution in [2.75, 3.05) is 0 Å². The third-order valence-corrected chi connectivity index (χ3v) is 1.67. The lowest BCUT2D eigenvalue weighted by Crippen LogP contribution is -1.78. The summed E-state index contributed by atoms with van der Waals surface area (Å²) in [5, 5.41) is 2.91. The highest BCUT2D eigenvalue weighted by molar-refractivity contribution is 9.10. The molecule has 0 spiro atoms. The Morgan fingerprint density at radius 1 is 1.33 bits per heavy atom. The Hall–Kier alpha value is -0.300. The molecule has 0 fully saturated rings. The van der Waals surface area contributed by atoms with Crippen LogP contribution in [0.3, 0.4) is 0 Å². The first-order valence-electron chi connectivity index (χ1n) is 2.77. The average molecular weight is 183 g/mol. The van der Waals surface area contributed by atoms with Gasteiger partial charge in [0.1, 0.15) is 0 Å². The normalized spacial score (nSPS) is 9.56. The Kier molecular flexibility index (Phi) is 2.29. The van der Waals surface area contributed by atoms with Crippen molar-refractivity contribution in [2.24, 2.45) is 0 Å². The fourth-order valence-corrected chi connectivity index (χ4v) is 1.12. The van der Waals surface area contributed by atoms with E-state index in [9.17, 15) is 0 Å². The van der Waals surface area contributed by atoms with Crippen molar-refractivity contribution in [1.29, 1.82) is 0 Å². The van der Waals surface area contributed by atoms with Gasteiger partial charge in [-0.3, -0.25) is 0 Å². The highest BCUT2D eigenvalue weighted by atomic mass is 79.9. The smallest absolute Gasteiger partial charge is 0.0761 e. The van der Waals surface area contributed by atoms with Gasteiger partial charge in [-0.15, -0.1) is 0 Å². The van der Waals surface area contributed by atoms with Gasteiger partial charge in [0.25, 0.3) is 0 Å². The average Bonchev–Trinajstić information content (AvgIpc) is 1.89. The molecule has 1 aromatic carbocycles. The van der Waals surface area contributed by atoms with Crippen LogP contribution in [0.4, 0.5) is 0 Å². The van der Waals surface area contributed by atoms with Crippen LogP contribution in [0.2, 0.25) is 0 Å². The quantitative estimate of drug-likeness (QED) is 0.627. The Morgan fingerprint density at radius 3 is 2.44 bits per heavy atom. The van der Waals surface area contributed by atoms with E-state index < -0.39 is 0 Å². The summed E-state index contributed by atoms with van der Waals surface area (Å²) >= 11 is 3.16. The Labute approximate surface area is 64.0 Å². The van der Waals surface area contributed by atoms with Crippen LogP contribution in [0.1, 0.15) is 11.1 Å². The van der Waals surface area contributed by atoms with Crippen LogP contribution in [-0.2, 0) is 0 Å². The number of hydrogen-bond acceptors (Lipinski definition) is 0. The molecule has 0 N–H and O–H groups in total. The monoisotopic (exact) mass is 182 g/mol. The van der Waals surface area contributed by atoms with Crippen LogP contribution in [0.15, 0.2) is 24.3 Å². The highest BCUT2D eigenvalue weighted by Gasteiger charge is 1.91. The predicted molar refractivity (Wildman–Crippen MR) is 42.5 cm³/mol. The van der Waals surface area contributed by atoms with Crippen molar-refractivity contribution in [1.82, 2.24) is 0 Å². The lowest BCUT2D eigenvalue weighted by molar-refractivity contribution is 1.41. The maximum atomic E-state index is 3.16. The molecule has 0 aliphatic rings. The molecular formula is C8H7Br. The summed E-state index contributed by atoms with van der Waals surface area (Å²) < 4.78 is 0. The van der Waals surface area contributed by atoms with Crippen LogP contribution in [0.25, 0.3) is 0 Å². The first kappa shape index (κ1) is 6.81. The van der Waals surface area contributed by atoms with Gasteiger partial charge in [0.15, 0.2) is 0 Å². The van der Waals surface area contributed by atoms with Gasteiger partial charge in [0.2, 0.25) is 0 Å². The molecule has 1 aromatic rings. The summed E-state index contributed by atoms with van der Waals surface area (Å²) in [5.41, 5.74) is 2.37. The Bertz CT molecular complexity index is 194. The van der Waals surface area contributed by atoms with Crippen LogP contribution < -0.4 is 0 Å². The second-order valence-corrected chi connectivity index (χ2v) is 2.31. The van der Waals surface area contributed by atoms with Gasteiger partial charge in [0.05, 0.1) is 5.33 Å². The fourth-order valence-electron chi connectivity index (χ4n) is 0.679. The summed E-state index contributed by atoms with van der Waals surface area (Å²) in [7, 11) is 0. The van der Waals surface area contributed by atoms with Crippen molar-refractivity contribution < 1.29 is 0 Å². The maximum absolute atomic E-state index is 3.16. The Balaban J connectivity index is 3.01. The van der Waals surface area contributed by atoms with E-state index in [1.165, 1.54) is 5.56 Å². The summed E-state index contributed by atoms with van der Waals surface area (Å²) in [6.07, 6.45) is 0. The van der Waals surface area contributed by atoms with Crippen molar-refractivity contribution >= 4 is 15.9 Å². The van der Waals surface area contributed by atoms with Gasteiger partial charge in [0, 0.05) is 0 Å². The van der Waals surface area contributed by atoms with Crippen molar-refractivity contribution in [3.8, 4) is 0 Å². The molecule has 2 radical (unpaired) electrons. The number of benzene rings is 1. The standard InChI is InChI=1S/C8H7Br/c1-7-4-2-3-5-8(7)6-9/h2-5H,1H3. The fraction of sp³-hybridized carbons (Fsp3) is 0.125. The second-order valence-electron chi connectivity index (χ2n) is 1.91. The molecule has 0 saturated heterocycles. The first-order chi connectivity index (χ1) is 4.34. The zero-order valence-corrected chi connectivity index (χ0v) is 6.77. The van der Waals surface area contributed by atoms with Crippen LogP contribution in [-0.4, -0.2) is 0 Å². The summed E-state index contributed by atoms with van der Waals surface area (Å²) in [6, 6.07) is 8.09. The molecule has 9 heavy (non-hydrogen) atoms. The largest absolute Gasteiger partial charge is 0.0931 e. The minimum atomic E-state index is 1.12. The summed E-state index contributed by atoms with van der Waals surface area (Å²) in [5.74, 6) is 0. The Morgan fingerprint density at radius 2 is 2.00 bits per heavy atom. The summed E-state index contributed by atoms with van der Waals surface area (Å²) in [6.45, 7) is 2.06. The van der Waals surface area contributed by atoms with Crippen molar-refractivity contribution in [3.05, 3.63) is 40.7 Å². The zero-order chi connectivity index (χ0) is 6.69. The molecule has 0 aliphatic carbocycles. The molecule has 0 bridgehead atoms. The second kappa shape index (κ2) is 3.02. The minimum absolute atomic E-state index is 1.12. The number of halogens is 1. The maximum Gasteiger partial charge on any atom is 0.0931 e. The van der Waals surface area contributed by atoms with Gasteiger partial charge in [-0.1, -0.05) is 40.2 Å². The molecule has 46 valence electrons. The van der Waals surface area contributed by atoms with Gasteiger partial charge >= 0.3 is 0 Å². The van der Waals surface area contributed by atoms with E-state index >= 15 is 0 Å². The van der Waals surface area contributed by atoms with Crippen LogP contribution in [0, 0.1) is 12.3 Å². The molecule has 0 aliphatic heterocycles. The highest BCUT2D eigenvalue weighted by Crippen LogP contribution is 2.11. The molecule has 0 amide bonds. The van der Waals surface area contributed by atoms with E-state index in [0.717, 1.165) is 5.56 Å². The first-order valence-corrected chi connectivity index (χ1v) is 3.56. The molecule has 0 atom stereocenters. The SMILES string of the molecule is Cc1ccccc1[C]Br. The molecule has 0 heterocycles. The van der Waals surface area contributed by atoms with E-state index in [-0.39, 0.29) is 0 Å². The van der Waals surface area contributed by atoms with E-state index in [0.29, 0.717) is 0 Å². The van der Waals surface area contributed by atoms with Gasteiger partial charge < -0.3 is 0 Å². The number of hydrogen-bond donors (Lipinski definition) is 0. The molecule has 1 rings (SSSR count). The van der Waals surface area contributed by atoms with Crippen molar-refractivity contribution in [3.63, 3.8) is 0 Å². The molecule has 0 nitrogen and oxygen atoms in total. The number of aryl methyl sites for hydroxylation is 1. The molecule has 0 unspecified atom stereocenters. The molecular weight excluding hydrogens is 176 g/mol. The molecule has 1 heteroatoms. The van der Waals surface area contributed by atoms with Gasteiger partial charge in [-0.2, -0.15) is 0 Å². The lowest BCUT2D eigenvalue weighted by Gasteiger charge is -1.96.